The Hall–Kier alpha value is -1.57. The Bertz CT molecular complexity index is 736. The Labute approximate surface area is 201 Å². The normalized spacial score (nSPS) is 17.4. The number of ether oxygens (including phenoxy) is 4. The summed E-state index contributed by atoms with van der Waals surface area (Å²) in [6.45, 7) is 10.0. The van der Waals surface area contributed by atoms with Crippen molar-refractivity contribution < 1.29 is 23.7 Å². The zero-order valence-electron chi connectivity index (χ0n) is 20.1. The van der Waals surface area contributed by atoms with Crippen molar-refractivity contribution in [2.45, 2.75) is 71.5 Å². The van der Waals surface area contributed by atoms with E-state index in [2.05, 4.69) is 35.0 Å². The number of aryl methyl sites for hydroxylation is 1. The molecule has 1 heterocycles. The molecule has 0 saturated carbocycles. The maximum atomic E-state index is 12.4. The molecule has 1 amide bonds. The minimum absolute atomic E-state index is 0.0741. The standard InChI is InChI=1S/C25H38BrNO5/c1-19-15-21(31-18-29-5)16-23(26)22(19)12-7-6-10-14-30-20-11-8-9-13-27(17-20)24(28)32-25(2,3)4/h7,12,15-16,20H,6,8-11,13-14,17-18H2,1-5H3/b12-7+. The van der Waals surface area contributed by atoms with Crippen LogP contribution in [0.4, 0.5) is 4.79 Å². The average molecular weight is 512 g/mol. The van der Waals surface area contributed by atoms with E-state index in [1.54, 1.807) is 12.0 Å². The van der Waals surface area contributed by atoms with Crippen LogP contribution in [0.5, 0.6) is 5.75 Å². The first-order valence-electron chi connectivity index (χ1n) is 11.4. The van der Waals surface area contributed by atoms with E-state index in [-0.39, 0.29) is 19.0 Å². The van der Waals surface area contributed by atoms with Gasteiger partial charge >= 0.3 is 6.09 Å². The molecule has 0 bridgehead atoms. The summed E-state index contributed by atoms with van der Waals surface area (Å²) in [5.74, 6) is 0.783. The van der Waals surface area contributed by atoms with Gasteiger partial charge in [-0.05, 0) is 83.1 Å². The molecule has 0 spiro atoms. The SMILES string of the molecule is COCOc1cc(C)c(/C=C/CCCOC2CCCCN(C(=O)OC(C)(C)C)C2)c(Br)c1. The molecule has 1 fully saturated rings. The van der Waals surface area contributed by atoms with E-state index in [9.17, 15) is 4.79 Å². The Morgan fingerprint density at radius 1 is 1.28 bits per heavy atom. The van der Waals surface area contributed by atoms with Crippen molar-refractivity contribution in [3.8, 4) is 5.75 Å². The van der Waals surface area contributed by atoms with Crippen LogP contribution in [0.1, 0.15) is 64.0 Å². The van der Waals surface area contributed by atoms with Crippen molar-refractivity contribution in [2.24, 2.45) is 0 Å². The summed E-state index contributed by atoms with van der Waals surface area (Å²) in [4.78, 5) is 14.2. The highest BCUT2D eigenvalue weighted by Gasteiger charge is 2.26. The Morgan fingerprint density at radius 3 is 2.75 bits per heavy atom. The number of nitrogens with zero attached hydrogens (tertiary/aromatic N) is 1. The van der Waals surface area contributed by atoms with Crippen LogP contribution >= 0.6 is 15.9 Å². The highest BCUT2D eigenvalue weighted by Crippen LogP contribution is 2.28. The molecule has 1 aromatic rings. The van der Waals surface area contributed by atoms with E-state index in [0.29, 0.717) is 13.2 Å². The zero-order valence-corrected chi connectivity index (χ0v) is 21.7. The second-order valence-electron chi connectivity index (χ2n) is 9.15. The molecule has 1 atom stereocenters. The van der Waals surface area contributed by atoms with Gasteiger partial charge in [0.15, 0.2) is 6.79 Å². The number of likely N-dealkylation sites (tertiary alicyclic amines) is 1. The molecule has 1 aliphatic heterocycles. The second kappa shape index (κ2) is 13.2. The third kappa shape index (κ3) is 9.51. The predicted molar refractivity (Wildman–Crippen MR) is 131 cm³/mol. The summed E-state index contributed by atoms with van der Waals surface area (Å²) < 4.78 is 23.1. The first-order valence-corrected chi connectivity index (χ1v) is 12.2. The lowest BCUT2D eigenvalue weighted by atomic mass is 10.1. The number of carbonyl (C=O) groups excluding carboxylic acids is 1. The van der Waals surface area contributed by atoms with Crippen molar-refractivity contribution >= 4 is 28.1 Å². The van der Waals surface area contributed by atoms with E-state index in [1.165, 1.54) is 0 Å². The summed E-state index contributed by atoms with van der Waals surface area (Å²) in [7, 11) is 1.61. The average Bonchev–Trinajstić information content (AvgIpc) is 2.95. The fourth-order valence-electron chi connectivity index (χ4n) is 3.53. The van der Waals surface area contributed by atoms with E-state index < -0.39 is 5.60 Å². The van der Waals surface area contributed by atoms with Crippen LogP contribution in [-0.2, 0) is 14.2 Å². The minimum atomic E-state index is -0.476. The molecular weight excluding hydrogens is 474 g/mol. The molecule has 0 radical (unpaired) electrons. The highest BCUT2D eigenvalue weighted by atomic mass is 79.9. The van der Waals surface area contributed by atoms with Gasteiger partial charge in [-0.3, -0.25) is 0 Å². The molecule has 7 heteroatoms. The molecule has 1 aliphatic rings. The van der Waals surface area contributed by atoms with Gasteiger partial charge in [0.05, 0.1) is 12.6 Å². The summed E-state index contributed by atoms with van der Waals surface area (Å²) >= 11 is 3.63. The lowest BCUT2D eigenvalue weighted by molar-refractivity contribution is 0.000847. The maximum Gasteiger partial charge on any atom is 0.410 e. The number of hydrogen-bond donors (Lipinski definition) is 0. The monoisotopic (exact) mass is 511 g/mol. The molecule has 1 aromatic carbocycles. The molecule has 0 aromatic heterocycles. The van der Waals surface area contributed by atoms with E-state index in [0.717, 1.165) is 60.0 Å². The van der Waals surface area contributed by atoms with Crippen molar-refractivity contribution in [3.63, 3.8) is 0 Å². The summed E-state index contributed by atoms with van der Waals surface area (Å²) in [5.41, 5.74) is 1.81. The number of amides is 1. The highest BCUT2D eigenvalue weighted by molar-refractivity contribution is 9.10. The van der Waals surface area contributed by atoms with E-state index in [1.807, 2.05) is 32.9 Å². The van der Waals surface area contributed by atoms with Gasteiger partial charge in [-0.15, -0.1) is 0 Å². The number of halogens is 1. The van der Waals surface area contributed by atoms with Gasteiger partial charge in [0.1, 0.15) is 11.4 Å². The quantitative estimate of drug-likeness (QED) is 0.286. The fraction of sp³-hybridized carbons (Fsp3) is 0.640. The Morgan fingerprint density at radius 2 is 2.06 bits per heavy atom. The van der Waals surface area contributed by atoms with Crippen molar-refractivity contribution in [3.05, 3.63) is 33.8 Å². The van der Waals surface area contributed by atoms with Crippen LogP contribution in [0.25, 0.3) is 6.08 Å². The van der Waals surface area contributed by atoms with E-state index >= 15 is 0 Å². The fourth-order valence-corrected chi connectivity index (χ4v) is 4.20. The maximum absolute atomic E-state index is 12.4. The second-order valence-corrected chi connectivity index (χ2v) is 10.0. The van der Waals surface area contributed by atoms with Gasteiger partial charge < -0.3 is 23.8 Å². The van der Waals surface area contributed by atoms with Crippen LogP contribution < -0.4 is 4.74 Å². The lowest BCUT2D eigenvalue weighted by Crippen LogP contribution is -2.41. The molecule has 6 nitrogen and oxygen atoms in total. The number of methoxy groups -OCH3 is 1. The van der Waals surface area contributed by atoms with E-state index in [4.69, 9.17) is 18.9 Å². The molecule has 1 saturated heterocycles. The lowest BCUT2D eigenvalue weighted by Gasteiger charge is -2.28. The third-order valence-electron chi connectivity index (χ3n) is 5.09. The summed E-state index contributed by atoms with van der Waals surface area (Å²) in [5, 5.41) is 0. The number of hydrogen-bond acceptors (Lipinski definition) is 5. The summed E-state index contributed by atoms with van der Waals surface area (Å²) in [6, 6.07) is 3.96. The van der Waals surface area contributed by atoms with Crippen LogP contribution in [-0.4, -0.2) is 56.3 Å². The number of rotatable bonds is 9. The summed E-state index contributed by atoms with van der Waals surface area (Å²) in [6.07, 6.45) is 9.05. The number of unbranched alkanes of at least 4 members (excludes halogenated alkanes) is 1. The first-order chi connectivity index (χ1) is 15.2. The van der Waals surface area contributed by atoms with Gasteiger partial charge in [0, 0.05) is 24.7 Å². The van der Waals surface area contributed by atoms with Crippen LogP contribution in [0.15, 0.2) is 22.7 Å². The zero-order chi connectivity index (χ0) is 23.6. The van der Waals surface area contributed by atoms with Crippen LogP contribution in [0.2, 0.25) is 0 Å². The molecule has 1 unspecified atom stereocenters. The molecule has 2 rings (SSSR count). The van der Waals surface area contributed by atoms with Crippen LogP contribution in [0, 0.1) is 6.92 Å². The molecule has 32 heavy (non-hydrogen) atoms. The van der Waals surface area contributed by atoms with Gasteiger partial charge in [0.25, 0.3) is 0 Å². The van der Waals surface area contributed by atoms with Gasteiger partial charge in [-0.2, -0.15) is 0 Å². The number of benzene rings is 1. The first kappa shape index (κ1) is 26.7. The van der Waals surface area contributed by atoms with Gasteiger partial charge in [-0.25, -0.2) is 4.79 Å². The minimum Gasteiger partial charge on any atom is -0.468 e. The van der Waals surface area contributed by atoms with Gasteiger partial charge in [0.2, 0.25) is 0 Å². The Kier molecular flexibility index (Phi) is 11.0. The van der Waals surface area contributed by atoms with Crippen LogP contribution in [0.3, 0.4) is 0 Å². The smallest absolute Gasteiger partial charge is 0.410 e. The predicted octanol–water partition coefficient (Wildman–Crippen LogP) is 6.34. The molecule has 0 N–H and O–H groups in total. The number of allylic oxidation sites excluding steroid dienone is 1. The van der Waals surface area contributed by atoms with Crippen molar-refractivity contribution in [2.75, 3.05) is 33.6 Å². The topological polar surface area (TPSA) is 57.2 Å². The van der Waals surface area contributed by atoms with Crippen molar-refractivity contribution in [1.29, 1.82) is 0 Å². The molecule has 180 valence electrons. The largest absolute Gasteiger partial charge is 0.468 e. The van der Waals surface area contributed by atoms with Crippen molar-refractivity contribution in [1.82, 2.24) is 4.90 Å². The number of carbonyl (C=O) groups is 1. The Balaban J connectivity index is 1.77. The molecule has 0 aliphatic carbocycles. The van der Waals surface area contributed by atoms with Gasteiger partial charge in [-0.1, -0.05) is 28.1 Å². The molecular formula is C25H38BrNO5. The third-order valence-corrected chi connectivity index (χ3v) is 5.74.